The average Bonchev–Trinajstić information content (AvgIpc) is 3.21. The van der Waals surface area contributed by atoms with E-state index in [2.05, 4.69) is 31.0 Å². The average molecular weight is 451 g/mol. The van der Waals surface area contributed by atoms with E-state index in [0.29, 0.717) is 25.6 Å². The number of sulfonamides is 1. The van der Waals surface area contributed by atoms with Crippen LogP contribution in [0.25, 0.3) is 0 Å². The van der Waals surface area contributed by atoms with Crippen molar-refractivity contribution in [1.29, 1.82) is 0 Å². The Morgan fingerprint density at radius 3 is 2.45 bits per heavy atom. The van der Waals surface area contributed by atoms with E-state index in [1.807, 2.05) is 12.1 Å². The number of likely N-dealkylation sites (tertiary alicyclic amines) is 1. The molecule has 0 unspecified atom stereocenters. The van der Waals surface area contributed by atoms with Gasteiger partial charge in [-0.1, -0.05) is 32.9 Å². The smallest absolute Gasteiger partial charge is 0.243 e. The molecule has 1 N–H and O–H groups in total. The molecular formula is C23H38N4O3S. The Kier molecular flexibility index (Phi) is 8.50. The summed E-state index contributed by atoms with van der Waals surface area (Å²) in [5.41, 5.74) is 1.13. The van der Waals surface area contributed by atoms with Crippen molar-refractivity contribution < 1.29 is 13.2 Å². The fourth-order valence-electron chi connectivity index (χ4n) is 4.58. The van der Waals surface area contributed by atoms with Crippen LogP contribution in [0.4, 0.5) is 0 Å². The fourth-order valence-corrected chi connectivity index (χ4v) is 6.01. The number of nitrogens with zero attached hydrogens (tertiary/aromatic N) is 3. The predicted octanol–water partition coefficient (Wildman–Crippen LogP) is 1.79. The molecule has 0 aliphatic carbocycles. The van der Waals surface area contributed by atoms with E-state index >= 15 is 0 Å². The molecule has 0 bridgehead atoms. The van der Waals surface area contributed by atoms with Gasteiger partial charge in [0.2, 0.25) is 15.9 Å². The van der Waals surface area contributed by atoms with E-state index in [9.17, 15) is 13.2 Å². The van der Waals surface area contributed by atoms with Gasteiger partial charge in [0.05, 0.1) is 11.4 Å². The lowest BCUT2D eigenvalue weighted by molar-refractivity contribution is -0.132. The Morgan fingerprint density at radius 1 is 1.16 bits per heavy atom. The van der Waals surface area contributed by atoms with Crippen molar-refractivity contribution in [3.8, 4) is 0 Å². The van der Waals surface area contributed by atoms with Crippen LogP contribution in [-0.2, 0) is 21.2 Å². The van der Waals surface area contributed by atoms with Crippen molar-refractivity contribution in [2.75, 3.05) is 52.4 Å². The third kappa shape index (κ3) is 6.28. The highest BCUT2D eigenvalue weighted by Gasteiger charge is 2.34. The third-order valence-electron chi connectivity index (χ3n) is 6.31. The molecule has 1 amide bonds. The molecule has 1 atom stereocenters. The van der Waals surface area contributed by atoms with E-state index in [1.54, 1.807) is 17.0 Å². The number of nitrogens with one attached hydrogen (secondary N) is 1. The van der Waals surface area contributed by atoms with Crippen LogP contribution in [0.1, 0.15) is 39.2 Å². The summed E-state index contributed by atoms with van der Waals surface area (Å²) in [7, 11) is -3.76. The zero-order valence-corrected chi connectivity index (χ0v) is 20.0. The number of hydrogen-bond donors (Lipinski definition) is 1. The Labute approximate surface area is 187 Å². The fraction of sp³-hybridized carbons (Fsp3) is 0.696. The van der Waals surface area contributed by atoms with Gasteiger partial charge in [0.15, 0.2) is 0 Å². The standard InChI is InChI=1S/C23H38N4O3S/c1-4-25-13-5-6-21(25)17-27(18-23(28)26-14-11-24-12-15-26)31(29,30)22-9-7-20(8-10-22)16-19(2)3/h7-10,19,21,24H,4-6,11-18H2,1-3H3/t21-/m1/s1. The molecule has 2 aliphatic rings. The quantitative estimate of drug-likeness (QED) is 0.621. The summed E-state index contributed by atoms with van der Waals surface area (Å²) in [5, 5.41) is 3.24. The predicted molar refractivity (Wildman–Crippen MR) is 123 cm³/mol. The monoisotopic (exact) mass is 450 g/mol. The molecule has 0 saturated carbocycles. The van der Waals surface area contributed by atoms with Crippen molar-refractivity contribution in [3.63, 3.8) is 0 Å². The second kappa shape index (κ2) is 10.9. The van der Waals surface area contributed by atoms with E-state index in [0.717, 1.165) is 51.0 Å². The van der Waals surface area contributed by atoms with Gasteiger partial charge in [0.1, 0.15) is 0 Å². The van der Waals surface area contributed by atoms with E-state index in [-0.39, 0.29) is 23.4 Å². The first-order chi connectivity index (χ1) is 14.8. The molecule has 2 saturated heterocycles. The molecule has 0 spiro atoms. The van der Waals surface area contributed by atoms with Crippen LogP contribution in [0.5, 0.6) is 0 Å². The molecule has 0 aromatic heterocycles. The van der Waals surface area contributed by atoms with Gasteiger partial charge in [-0.2, -0.15) is 4.31 Å². The van der Waals surface area contributed by atoms with Crippen molar-refractivity contribution in [3.05, 3.63) is 29.8 Å². The first kappa shape index (κ1) is 24.2. The van der Waals surface area contributed by atoms with Gasteiger partial charge in [-0.25, -0.2) is 8.42 Å². The van der Waals surface area contributed by atoms with Crippen molar-refractivity contribution in [2.45, 2.75) is 51.0 Å². The summed E-state index contributed by atoms with van der Waals surface area (Å²) in [6.45, 7) is 11.3. The zero-order valence-electron chi connectivity index (χ0n) is 19.2. The van der Waals surface area contributed by atoms with Crippen LogP contribution in [0.15, 0.2) is 29.2 Å². The Hall–Kier alpha value is -1.48. The van der Waals surface area contributed by atoms with E-state index in [4.69, 9.17) is 0 Å². The molecule has 2 heterocycles. The topological polar surface area (TPSA) is 73.0 Å². The zero-order chi connectivity index (χ0) is 22.4. The summed E-state index contributed by atoms with van der Waals surface area (Å²) in [6, 6.07) is 7.35. The molecule has 174 valence electrons. The van der Waals surface area contributed by atoms with Crippen LogP contribution < -0.4 is 5.32 Å². The Balaban J connectivity index is 1.81. The molecule has 3 rings (SSSR count). The molecule has 1 aromatic rings. The molecule has 1 aromatic carbocycles. The minimum absolute atomic E-state index is 0.0931. The lowest BCUT2D eigenvalue weighted by Crippen LogP contribution is -2.52. The first-order valence-electron chi connectivity index (χ1n) is 11.6. The highest BCUT2D eigenvalue weighted by molar-refractivity contribution is 7.89. The highest BCUT2D eigenvalue weighted by Crippen LogP contribution is 2.23. The summed E-state index contributed by atoms with van der Waals surface area (Å²) < 4.78 is 28.6. The minimum Gasteiger partial charge on any atom is -0.339 e. The van der Waals surface area contributed by atoms with E-state index < -0.39 is 10.0 Å². The van der Waals surface area contributed by atoms with Crippen LogP contribution in [-0.4, -0.2) is 86.8 Å². The maximum atomic E-state index is 13.6. The maximum Gasteiger partial charge on any atom is 0.243 e. The second-order valence-corrected chi connectivity index (χ2v) is 11.0. The highest BCUT2D eigenvalue weighted by atomic mass is 32.2. The number of benzene rings is 1. The summed E-state index contributed by atoms with van der Waals surface area (Å²) in [5.74, 6) is 0.403. The SMILES string of the molecule is CCN1CCC[C@@H]1CN(CC(=O)N1CCNCC1)S(=O)(=O)c1ccc(CC(C)C)cc1. The number of amides is 1. The number of likely N-dealkylation sites (N-methyl/N-ethyl adjacent to an activating group) is 1. The molecule has 31 heavy (non-hydrogen) atoms. The Bertz CT molecular complexity index is 820. The number of carbonyl (C=O) groups excluding carboxylic acids is 1. The number of piperazine rings is 1. The Morgan fingerprint density at radius 2 is 1.84 bits per heavy atom. The largest absolute Gasteiger partial charge is 0.339 e. The lowest BCUT2D eigenvalue weighted by atomic mass is 10.0. The van der Waals surface area contributed by atoms with Crippen LogP contribution in [0.3, 0.4) is 0 Å². The number of rotatable bonds is 9. The molecule has 8 heteroatoms. The third-order valence-corrected chi connectivity index (χ3v) is 8.13. The van der Waals surface area contributed by atoms with Crippen LogP contribution in [0, 0.1) is 5.92 Å². The minimum atomic E-state index is -3.76. The molecular weight excluding hydrogens is 412 g/mol. The van der Waals surface area contributed by atoms with Gasteiger partial charge in [0, 0.05) is 38.8 Å². The number of carbonyl (C=O) groups is 1. The van der Waals surface area contributed by atoms with Crippen molar-refractivity contribution >= 4 is 15.9 Å². The lowest BCUT2D eigenvalue weighted by Gasteiger charge is -2.32. The second-order valence-electron chi connectivity index (χ2n) is 9.09. The summed E-state index contributed by atoms with van der Waals surface area (Å²) in [6.07, 6.45) is 2.95. The van der Waals surface area contributed by atoms with Crippen LogP contribution >= 0.6 is 0 Å². The molecule has 0 radical (unpaired) electrons. The molecule has 2 aliphatic heterocycles. The van der Waals surface area contributed by atoms with Gasteiger partial charge >= 0.3 is 0 Å². The molecule has 2 fully saturated rings. The first-order valence-corrected chi connectivity index (χ1v) is 13.1. The maximum absolute atomic E-state index is 13.6. The van der Waals surface area contributed by atoms with E-state index in [1.165, 1.54) is 4.31 Å². The van der Waals surface area contributed by atoms with Crippen LogP contribution in [0.2, 0.25) is 0 Å². The van der Waals surface area contributed by atoms with Gasteiger partial charge in [-0.05, 0) is 56.0 Å². The van der Waals surface area contributed by atoms with Gasteiger partial charge in [0.25, 0.3) is 0 Å². The molecule has 7 nitrogen and oxygen atoms in total. The van der Waals surface area contributed by atoms with Crippen molar-refractivity contribution in [2.24, 2.45) is 5.92 Å². The van der Waals surface area contributed by atoms with Gasteiger partial charge < -0.3 is 10.2 Å². The van der Waals surface area contributed by atoms with Gasteiger partial charge in [-0.15, -0.1) is 0 Å². The normalized spacial score (nSPS) is 20.7. The number of hydrogen-bond acceptors (Lipinski definition) is 5. The summed E-state index contributed by atoms with van der Waals surface area (Å²) in [4.78, 5) is 17.3. The van der Waals surface area contributed by atoms with Gasteiger partial charge in [-0.3, -0.25) is 9.69 Å². The summed E-state index contributed by atoms with van der Waals surface area (Å²) >= 11 is 0. The van der Waals surface area contributed by atoms with Crippen molar-refractivity contribution in [1.82, 2.24) is 19.4 Å².